The van der Waals surface area contributed by atoms with Crippen molar-refractivity contribution in [3.05, 3.63) is 69.3 Å². The van der Waals surface area contributed by atoms with Gasteiger partial charge in [0.1, 0.15) is 5.70 Å². The molecular weight excluding hydrogens is 367 g/mol. The average Bonchev–Trinajstić information content (AvgIpc) is 2.84. The predicted molar refractivity (Wildman–Crippen MR) is 93.6 cm³/mol. The molecule has 0 fully saturated rings. The van der Waals surface area contributed by atoms with Gasteiger partial charge in [-0.3, -0.25) is 14.9 Å². The number of carbonyl (C=O) groups excluding carboxylic acids is 2. The standard InChI is InChI=1S/C17H10Cl2N2O4/c18-9-3-1-8(2-4-9)13-14(16(23)21-15(13)22)20-10-5-6-12(19)11(7-10)17(24)25/h1-7H,(H,24,25)(H2,20,21,22,23). The van der Waals surface area contributed by atoms with E-state index in [-0.39, 0.29) is 21.9 Å². The first kappa shape index (κ1) is 17.0. The fourth-order valence-electron chi connectivity index (χ4n) is 2.38. The average molecular weight is 377 g/mol. The topological polar surface area (TPSA) is 95.5 Å². The van der Waals surface area contributed by atoms with Gasteiger partial charge in [0.2, 0.25) is 0 Å². The molecule has 3 rings (SSSR count). The molecule has 0 spiro atoms. The van der Waals surface area contributed by atoms with Crippen LogP contribution in [-0.2, 0) is 9.59 Å². The lowest BCUT2D eigenvalue weighted by Gasteiger charge is -2.09. The van der Waals surface area contributed by atoms with Gasteiger partial charge in [0.15, 0.2) is 0 Å². The molecule has 0 aliphatic carbocycles. The second kappa shape index (κ2) is 6.58. The highest BCUT2D eigenvalue weighted by atomic mass is 35.5. The molecule has 126 valence electrons. The fourth-order valence-corrected chi connectivity index (χ4v) is 2.70. The number of imide groups is 1. The maximum atomic E-state index is 12.1. The van der Waals surface area contributed by atoms with Crippen molar-refractivity contribution in [1.29, 1.82) is 0 Å². The third-order valence-electron chi connectivity index (χ3n) is 3.53. The van der Waals surface area contributed by atoms with Gasteiger partial charge in [-0.1, -0.05) is 35.3 Å². The van der Waals surface area contributed by atoms with Gasteiger partial charge in [-0.2, -0.15) is 0 Å². The van der Waals surface area contributed by atoms with Gasteiger partial charge >= 0.3 is 5.97 Å². The Hall–Kier alpha value is -2.83. The quantitative estimate of drug-likeness (QED) is 0.712. The van der Waals surface area contributed by atoms with Gasteiger partial charge < -0.3 is 10.4 Å². The molecule has 1 heterocycles. The van der Waals surface area contributed by atoms with Crippen LogP contribution < -0.4 is 10.6 Å². The third-order valence-corrected chi connectivity index (χ3v) is 4.11. The highest BCUT2D eigenvalue weighted by Crippen LogP contribution is 2.28. The number of anilines is 1. The van der Waals surface area contributed by atoms with Gasteiger partial charge in [0.05, 0.1) is 16.2 Å². The molecule has 2 aromatic carbocycles. The Kier molecular flexibility index (Phi) is 4.48. The van der Waals surface area contributed by atoms with E-state index in [4.69, 9.17) is 28.3 Å². The maximum Gasteiger partial charge on any atom is 0.337 e. The number of nitrogens with one attached hydrogen (secondary N) is 2. The van der Waals surface area contributed by atoms with Crippen LogP contribution in [0, 0.1) is 0 Å². The van der Waals surface area contributed by atoms with Crippen molar-refractivity contribution in [3.8, 4) is 0 Å². The number of amides is 2. The summed E-state index contributed by atoms with van der Waals surface area (Å²) in [6.45, 7) is 0. The molecule has 3 N–H and O–H groups in total. The predicted octanol–water partition coefficient (Wildman–Crippen LogP) is 3.17. The maximum absolute atomic E-state index is 12.1. The van der Waals surface area contributed by atoms with E-state index in [1.165, 1.54) is 18.2 Å². The number of benzene rings is 2. The van der Waals surface area contributed by atoms with E-state index in [1.54, 1.807) is 24.3 Å². The molecule has 0 atom stereocenters. The van der Waals surface area contributed by atoms with E-state index in [2.05, 4.69) is 10.6 Å². The molecule has 0 radical (unpaired) electrons. The minimum atomic E-state index is -1.20. The van der Waals surface area contributed by atoms with Crippen LogP contribution in [0.15, 0.2) is 48.2 Å². The molecule has 0 saturated carbocycles. The third kappa shape index (κ3) is 3.35. The van der Waals surface area contributed by atoms with Gasteiger partial charge in [-0.05, 0) is 35.9 Å². The van der Waals surface area contributed by atoms with Crippen molar-refractivity contribution in [1.82, 2.24) is 5.32 Å². The zero-order chi connectivity index (χ0) is 18.1. The lowest BCUT2D eigenvalue weighted by Crippen LogP contribution is -2.24. The lowest BCUT2D eigenvalue weighted by molar-refractivity contribution is -0.123. The number of carboxylic acids is 1. The van der Waals surface area contributed by atoms with Gasteiger partial charge in [0, 0.05) is 10.7 Å². The summed E-state index contributed by atoms with van der Waals surface area (Å²) in [6, 6.07) is 10.6. The first-order valence-corrected chi connectivity index (χ1v) is 7.78. The molecule has 1 aliphatic heterocycles. The zero-order valence-electron chi connectivity index (χ0n) is 12.5. The molecule has 0 unspecified atom stereocenters. The lowest BCUT2D eigenvalue weighted by atomic mass is 10.0. The van der Waals surface area contributed by atoms with Crippen LogP contribution in [0.1, 0.15) is 15.9 Å². The summed E-state index contributed by atoms with van der Waals surface area (Å²) in [4.78, 5) is 35.4. The van der Waals surface area contributed by atoms with Crippen LogP contribution in [-0.4, -0.2) is 22.9 Å². The Morgan fingerprint density at radius 3 is 2.32 bits per heavy atom. The van der Waals surface area contributed by atoms with Crippen molar-refractivity contribution in [2.45, 2.75) is 0 Å². The first-order chi connectivity index (χ1) is 11.9. The fraction of sp³-hybridized carbons (Fsp3) is 0. The molecule has 6 nitrogen and oxygen atoms in total. The van der Waals surface area contributed by atoms with Crippen molar-refractivity contribution >= 4 is 52.2 Å². The number of hydrogen-bond acceptors (Lipinski definition) is 4. The summed E-state index contributed by atoms with van der Waals surface area (Å²) in [7, 11) is 0. The van der Waals surface area contributed by atoms with E-state index in [9.17, 15) is 14.4 Å². The van der Waals surface area contributed by atoms with Crippen LogP contribution in [0.4, 0.5) is 5.69 Å². The Balaban J connectivity index is 2.05. The van der Waals surface area contributed by atoms with E-state index in [1.807, 2.05) is 0 Å². The Bertz CT molecular complexity index is 936. The summed E-state index contributed by atoms with van der Waals surface area (Å²) in [5, 5.41) is 14.7. The molecule has 0 saturated heterocycles. The second-order valence-corrected chi connectivity index (χ2v) is 6.01. The first-order valence-electron chi connectivity index (χ1n) is 7.02. The Morgan fingerprint density at radius 1 is 1.00 bits per heavy atom. The van der Waals surface area contributed by atoms with Crippen molar-refractivity contribution in [3.63, 3.8) is 0 Å². The summed E-state index contributed by atoms with van der Waals surface area (Å²) >= 11 is 11.7. The van der Waals surface area contributed by atoms with E-state index >= 15 is 0 Å². The van der Waals surface area contributed by atoms with E-state index < -0.39 is 17.8 Å². The van der Waals surface area contributed by atoms with E-state index in [0.29, 0.717) is 16.3 Å². The SMILES string of the molecule is O=C1NC(=O)C(c2ccc(Cl)cc2)=C1Nc1ccc(Cl)c(C(=O)O)c1. The van der Waals surface area contributed by atoms with Crippen LogP contribution in [0.3, 0.4) is 0 Å². The largest absolute Gasteiger partial charge is 0.478 e. The summed E-state index contributed by atoms with van der Waals surface area (Å²) in [6.07, 6.45) is 0. The number of hydrogen-bond donors (Lipinski definition) is 3. The highest BCUT2D eigenvalue weighted by molar-refractivity contribution is 6.37. The molecule has 1 aliphatic rings. The van der Waals surface area contributed by atoms with Crippen molar-refractivity contribution in [2.24, 2.45) is 0 Å². The minimum absolute atomic E-state index is 0.0194. The summed E-state index contributed by atoms with van der Waals surface area (Å²) < 4.78 is 0. The summed E-state index contributed by atoms with van der Waals surface area (Å²) in [5.74, 6) is -2.36. The molecule has 25 heavy (non-hydrogen) atoms. The van der Waals surface area contributed by atoms with Crippen LogP contribution in [0.2, 0.25) is 10.0 Å². The Morgan fingerprint density at radius 2 is 1.68 bits per heavy atom. The zero-order valence-corrected chi connectivity index (χ0v) is 14.0. The molecule has 2 amide bonds. The van der Waals surface area contributed by atoms with Gasteiger partial charge in [-0.25, -0.2) is 4.79 Å². The van der Waals surface area contributed by atoms with Crippen LogP contribution in [0.25, 0.3) is 5.57 Å². The number of carbonyl (C=O) groups is 3. The number of rotatable bonds is 4. The van der Waals surface area contributed by atoms with Gasteiger partial charge in [-0.15, -0.1) is 0 Å². The second-order valence-electron chi connectivity index (χ2n) is 5.16. The summed E-state index contributed by atoms with van der Waals surface area (Å²) in [5.41, 5.74) is 0.861. The highest BCUT2D eigenvalue weighted by Gasteiger charge is 2.31. The Labute approximate surface area is 152 Å². The molecule has 2 aromatic rings. The van der Waals surface area contributed by atoms with Crippen LogP contribution in [0.5, 0.6) is 0 Å². The number of aromatic carboxylic acids is 1. The van der Waals surface area contributed by atoms with Gasteiger partial charge in [0.25, 0.3) is 11.8 Å². The normalized spacial score (nSPS) is 13.8. The van der Waals surface area contributed by atoms with Crippen molar-refractivity contribution in [2.75, 3.05) is 5.32 Å². The number of halogens is 2. The molecule has 0 aromatic heterocycles. The molecule has 8 heteroatoms. The van der Waals surface area contributed by atoms with Crippen LogP contribution >= 0.6 is 23.2 Å². The van der Waals surface area contributed by atoms with E-state index in [0.717, 1.165) is 0 Å². The van der Waals surface area contributed by atoms with Crippen molar-refractivity contribution < 1.29 is 19.5 Å². The molecular formula is C17H10Cl2N2O4. The smallest absolute Gasteiger partial charge is 0.337 e. The minimum Gasteiger partial charge on any atom is -0.478 e. The molecule has 0 bridgehead atoms. The number of carboxylic acid groups (broad SMARTS) is 1. The monoisotopic (exact) mass is 376 g/mol.